The molecule has 1 fully saturated rings. The van der Waals surface area contributed by atoms with E-state index in [0.717, 1.165) is 6.42 Å². The molecule has 0 amide bonds. The predicted octanol–water partition coefficient (Wildman–Crippen LogP) is 3.95. The average molecular weight is 284 g/mol. The van der Waals surface area contributed by atoms with Gasteiger partial charge in [-0.1, -0.05) is 36.8 Å². The van der Waals surface area contributed by atoms with Crippen LogP contribution < -0.4 is 5.73 Å². The summed E-state index contributed by atoms with van der Waals surface area (Å²) >= 11 is 1.93. The van der Waals surface area contributed by atoms with Crippen molar-refractivity contribution < 1.29 is 0 Å². The second-order valence-electron chi connectivity index (χ2n) is 6.13. The van der Waals surface area contributed by atoms with Gasteiger partial charge >= 0.3 is 0 Å². The highest BCUT2D eigenvalue weighted by molar-refractivity contribution is 7.12. The molecule has 2 aromatic rings. The van der Waals surface area contributed by atoms with Crippen molar-refractivity contribution in [2.75, 3.05) is 0 Å². The molecule has 3 heteroatoms. The van der Waals surface area contributed by atoms with E-state index in [0.29, 0.717) is 0 Å². The molecule has 0 spiro atoms. The van der Waals surface area contributed by atoms with E-state index in [1.54, 1.807) is 0 Å². The number of nitrogens with zero attached hydrogens (tertiary/aromatic N) is 1. The van der Waals surface area contributed by atoms with Crippen LogP contribution in [0.4, 0.5) is 0 Å². The number of fused-ring (bicyclic) bond motifs is 1. The molecular weight excluding hydrogens is 264 g/mol. The smallest absolute Gasteiger partial charge is 0.104 e. The van der Waals surface area contributed by atoms with Crippen molar-refractivity contribution in [2.24, 2.45) is 5.73 Å². The molecule has 1 heterocycles. The van der Waals surface area contributed by atoms with Gasteiger partial charge in [0.1, 0.15) is 5.01 Å². The number of aryl methyl sites for hydroxylation is 1. The van der Waals surface area contributed by atoms with Gasteiger partial charge in [-0.05, 0) is 37.7 Å². The summed E-state index contributed by atoms with van der Waals surface area (Å²) in [6.45, 7) is 0. The van der Waals surface area contributed by atoms with Gasteiger partial charge in [-0.2, -0.15) is 0 Å². The van der Waals surface area contributed by atoms with E-state index < -0.39 is 0 Å². The predicted molar refractivity (Wildman–Crippen MR) is 83.1 cm³/mol. The molecule has 2 N–H and O–H groups in total. The quantitative estimate of drug-likeness (QED) is 0.907. The van der Waals surface area contributed by atoms with Crippen molar-refractivity contribution in [2.45, 2.75) is 50.0 Å². The summed E-state index contributed by atoms with van der Waals surface area (Å²) in [6.07, 6.45) is 7.26. The zero-order chi connectivity index (χ0) is 13.6. The largest absolute Gasteiger partial charge is 0.323 e. The Morgan fingerprint density at radius 1 is 1.15 bits per heavy atom. The van der Waals surface area contributed by atoms with E-state index in [-0.39, 0.29) is 11.5 Å². The van der Waals surface area contributed by atoms with Gasteiger partial charge in [0, 0.05) is 16.3 Å². The van der Waals surface area contributed by atoms with Crippen LogP contribution in [0.3, 0.4) is 0 Å². The second-order valence-corrected chi connectivity index (χ2v) is 7.21. The second kappa shape index (κ2) is 4.68. The molecule has 1 atom stereocenters. The summed E-state index contributed by atoms with van der Waals surface area (Å²) in [6, 6.07) is 11.1. The molecule has 0 bridgehead atoms. The summed E-state index contributed by atoms with van der Waals surface area (Å²) < 4.78 is 0. The van der Waals surface area contributed by atoms with E-state index in [9.17, 15) is 0 Å². The van der Waals surface area contributed by atoms with Crippen molar-refractivity contribution >= 4 is 11.3 Å². The lowest BCUT2D eigenvalue weighted by Crippen LogP contribution is -2.35. The van der Waals surface area contributed by atoms with Crippen LogP contribution in [0.1, 0.15) is 59.3 Å². The van der Waals surface area contributed by atoms with Gasteiger partial charge in [0.25, 0.3) is 0 Å². The maximum absolute atomic E-state index is 6.25. The van der Waals surface area contributed by atoms with Crippen LogP contribution in [0.25, 0.3) is 0 Å². The molecule has 4 rings (SSSR count). The van der Waals surface area contributed by atoms with Crippen molar-refractivity contribution in [1.29, 1.82) is 0 Å². The summed E-state index contributed by atoms with van der Waals surface area (Å²) in [5, 5.41) is 1.32. The highest BCUT2D eigenvalue weighted by Gasteiger charge is 2.43. The summed E-state index contributed by atoms with van der Waals surface area (Å²) in [7, 11) is 0. The van der Waals surface area contributed by atoms with Gasteiger partial charge in [0.05, 0.1) is 5.69 Å². The van der Waals surface area contributed by atoms with Crippen LogP contribution in [0.5, 0.6) is 0 Å². The Morgan fingerprint density at radius 3 is 2.60 bits per heavy atom. The molecule has 104 valence electrons. The molecule has 0 radical (unpaired) electrons. The van der Waals surface area contributed by atoms with Crippen molar-refractivity contribution in [3.05, 3.63) is 51.5 Å². The molecule has 1 saturated carbocycles. The van der Waals surface area contributed by atoms with Crippen LogP contribution in [0.15, 0.2) is 30.3 Å². The Morgan fingerprint density at radius 2 is 1.95 bits per heavy atom. The number of aromatic nitrogens is 1. The highest BCUT2D eigenvalue weighted by Crippen LogP contribution is 2.51. The van der Waals surface area contributed by atoms with E-state index in [1.165, 1.54) is 53.2 Å². The molecule has 2 aliphatic rings. The maximum atomic E-state index is 6.25. The Labute approximate surface area is 124 Å². The molecule has 2 aliphatic carbocycles. The summed E-state index contributed by atoms with van der Waals surface area (Å²) in [5.41, 5.74) is 9.06. The lowest BCUT2D eigenvalue weighted by Gasteiger charge is -2.40. The first-order valence-corrected chi connectivity index (χ1v) is 8.42. The first-order valence-electron chi connectivity index (χ1n) is 7.61. The third kappa shape index (κ3) is 1.76. The van der Waals surface area contributed by atoms with Crippen molar-refractivity contribution in [3.63, 3.8) is 0 Å². The number of thiazole rings is 1. The minimum absolute atomic E-state index is 0.164. The molecular formula is C17H20N2S. The standard InChI is InChI=1S/C17H20N2S/c18-13-8-4-9-14-15(13)19-16(20-14)17(10-5-11-17)12-6-2-1-3-7-12/h1-3,6-7,13H,4-5,8-11,18H2. The summed E-state index contributed by atoms with van der Waals surface area (Å²) in [4.78, 5) is 6.44. The molecule has 2 nitrogen and oxygen atoms in total. The lowest BCUT2D eigenvalue weighted by molar-refractivity contribution is 0.299. The third-order valence-electron chi connectivity index (χ3n) is 4.94. The van der Waals surface area contributed by atoms with Gasteiger partial charge in [0.2, 0.25) is 0 Å². The number of rotatable bonds is 2. The van der Waals surface area contributed by atoms with Crippen LogP contribution in [0.2, 0.25) is 0 Å². The monoisotopic (exact) mass is 284 g/mol. The normalized spacial score (nSPS) is 23.9. The molecule has 20 heavy (non-hydrogen) atoms. The van der Waals surface area contributed by atoms with Crippen LogP contribution in [0, 0.1) is 0 Å². The Hall–Kier alpha value is -1.19. The van der Waals surface area contributed by atoms with E-state index in [4.69, 9.17) is 10.7 Å². The fraction of sp³-hybridized carbons (Fsp3) is 0.471. The Balaban J connectivity index is 1.79. The Kier molecular flexibility index (Phi) is 2.93. The van der Waals surface area contributed by atoms with Gasteiger partial charge in [-0.3, -0.25) is 0 Å². The maximum Gasteiger partial charge on any atom is 0.104 e. The fourth-order valence-corrected chi connectivity index (χ4v) is 5.01. The SMILES string of the molecule is NC1CCCc2sc(C3(c4ccccc4)CCC3)nc21. The zero-order valence-electron chi connectivity index (χ0n) is 11.6. The lowest BCUT2D eigenvalue weighted by atomic mass is 9.65. The van der Waals surface area contributed by atoms with Crippen molar-refractivity contribution in [3.8, 4) is 0 Å². The molecule has 0 aliphatic heterocycles. The highest BCUT2D eigenvalue weighted by atomic mass is 32.1. The summed E-state index contributed by atoms with van der Waals surface area (Å²) in [5.74, 6) is 0. The van der Waals surface area contributed by atoms with Crippen LogP contribution in [-0.2, 0) is 11.8 Å². The zero-order valence-corrected chi connectivity index (χ0v) is 12.5. The Bertz CT molecular complexity index is 613. The van der Waals surface area contributed by atoms with E-state index >= 15 is 0 Å². The molecule has 1 unspecified atom stereocenters. The molecule has 1 aromatic carbocycles. The fourth-order valence-electron chi connectivity index (χ4n) is 3.57. The number of nitrogens with two attached hydrogens (primary N) is 1. The average Bonchev–Trinajstić information content (AvgIpc) is 2.84. The first kappa shape index (κ1) is 12.5. The van der Waals surface area contributed by atoms with E-state index in [1.807, 2.05) is 11.3 Å². The number of hydrogen-bond donors (Lipinski definition) is 1. The number of hydrogen-bond acceptors (Lipinski definition) is 3. The van der Waals surface area contributed by atoms with Crippen molar-refractivity contribution in [1.82, 2.24) is 4.98 Å². The van der Waals surface area contributed by atoms with Crippen LogP contribution in [-0.4, -0.2) is 4.98 Å². The molecule has 0 saturated heterocycles. The van der Waals surface area contributed by atoms with E-state index in [2.05, 4.69) is 30.3 Å². The minimum atomic E-state index is 0.164. The van der Waals surface area contributed by atoms with Gasteiger partial charge in [-0.25, -0.2) is 4.98 Å². The van der Waals surface area contributed by atoms with Gasteiger partial charge in [0.15, 0.2) is 0 Å². The number of benzene rings is 1. The first-order chi connectivity index (χ1) is 9.79. The third-order valence-corrected chi connectivity index (χ3v) is 6.28. The van der Waals surface area contributed by atoms with Crippen LogP contribution >= 0.6 is 11.3 Å². The topological polar surface area (TPSA) is 38.9 Å². The molecule has 1 aromatic heterocycles. The minimum Gasteiger partial charge on any atom is -0.323 e. The van der Waals surface area contributed by atoms with Gasteiger partial charge in [-0.15, -0.1) is 11.3 Å². The van der Waals surface area contributed by atoms with Gasteiger partial charge < -0.3 is 5.73 Å².